The smallest absolute Gasteiger partial charge is 0.332 e. The molecule has 0 saturated carbocycles. The van der Waals surface area contributed by atoms with Crippen molar-refractivity contribution in [2.45, 2.75) is 38.5 Å². The number of ether oxygens (including phenoxy) is 2. The van der Waals surface area contributed by atoms with Crippen molar-refractivity contribution in [2.75, 3.05) is 33.9 Å². The van der Waals surface area contributed by atoms with Crippen molar-refractivity contribution in [1.29, 1.82) is 0 Å². The van der Waals surface area contributed by atoms with Gasteiger partial charge in [-0.05, 0) is 26.4 Å². The third kappa shape index (κ3) is 11.5. The summed E-state index contributed by atoms with van der Waals surface area (Å²) in [6.07, 6.45) is 7.13. The topological polar surface area (TPSA) is 47.6 Å². The summed E-state index contributed by atoms with van der Waals surface area (Å²) >= 11 is 0. The minimum Gasteiger partial charge on any atom is -0.464 e. The molecule has 0 bridgehead atoms. The van der Waals surface area contributed by atoms with E-state index in [0.717, 1.165) is 19.4 Å². The Balaban J connectivity index is 3.01. The van der Waals surface area contributed by atoms with Gasteiger partial charge in [0, 0.05) is 7.11 Å². The normalized spacial score (nSPS) is 10.4. The molecule has 0 aromatic carbocycles. The summed E-state index contributed by atoms with van der Waals surface area (Å²) in [5.74, 6) is -0.267. The summed E-state index contributed by atoms with van der Waals surface area (Å²) in [5.41, 5.74) is 0. The predicted molar refractivity (Wildman–Crippen MR) is 64.5 cm³/mol. The highest BCUT2D eigenvalue weighted by Gasteiger charge is 1.99. The van der Waals surface area contributed by atoms with E-state index in [4.69, 9.17) is 4.74 Å². The van der Waals surface area contributed by atoms with E-state index >= 15 is 0 Å². The van der Waals surface area contributed by atoms with E-state index in [0.29, 0.717) is 6.61 Å². The standard InChI is InChI=1S/C12H25NO3/c1-13-9-7-5-3-4-6-8-10-16-12(14)11-15-2/h13H,3-11H2,1-2H3. The van der Waals surface area contributed by atoms with Crippen molar-refractivity contribution >= 4 is 5.97 Å². The molecule has 4 heteroatoms. The van der Waals surface area contributed by atoms with Crippen LogP contribution in [0.2, 0.25) is 0 Å². The summed E-state index contributed by atoms with van der Waals surface area (Å²) in [7, 11) is 3.47. The highest BCUT2D eigenvalue weighted by Crippen LogP contribution is 2.05. The zero-order valence-corrected chi connectivity index (χ0v) is 10.6. The Bertz CT molecular complexity index is 162. The molecule has 0 amide bonds. The number of nitrogens with one attached hydrogen (secondary N) is 1. The molecule has 0 aliphatic carbocycles. The number of hydrogen-bond donors (Lipinski definition) is 1. The molecule has 0 atom stereocenters. The predicted octanol–water partition coefficient (Wildman–Crippen LogP) is 1.74. The monoisotopic (exact) mass is 231 g/mol. The number of carbonyl (C=O) groups is 1. The summed E-state index contributed by atoms with van der Waals surface area (Å²) < 4.78 is 9.61. The van der Waals surface area contributed by atoms with Gasteiger partial charge in [-0.15, -0.1) is 0 Å². The molecule has 96 valence electrons. The Morgan fingerprint density at radius 1 is 1.06 bits per heavy atom. The lowest BCUT2D eigenvalue weighted by atomic mass is 10.1. The third-order valence-corrected chi connectivity index (χ3v) is 2.35. The number of rotatable bonds is 11. The van der Waals surface area contributed by atoms with Gasteiger partial charge in [0.2, 0.25) is 0 Å². The summed E-state index contributed by atoms with van der Waals surface area (Å²) in [4.78, 5) is 10.9. The van der Waals surface area contributed by atoms with E-state index in [2.05, 4.69) is 10.1 Å². The lowest BCUT2D eigenvalue weighted by Crippen LogP contribution is -2.11. The van der Waals surface area contributed by atoms with E-state index < -0.39 is 0 Å². The van der Waals surface area contributed by atoms with Gasteiger partial charge in [0.05, 0.1) is 6.61 Å². The van der Waals surface area contributed by atoms with Crippen LogP contribution in [-0.2, 0) is 14.3 Å². The second-order valence-corrected chi connectivity index (χ2v) is 3.88. The lowest BCUT2D eigenvalue weighted by Gasteiger charge is -2.04. The minimum atomic E-state index is -0.267. The van der Waals surface area contributed by atoms with Crippen LogP contribution in [0.15, 0.2) is 0 Å². The Morgan fingerprint density at radius 3 is 2.31 bits per heavy atom. The quantitative estimate of drug-likeness (QED) is 0.434. The van der Waals surface area contributed by atoms with E-state index in [1.54, 1.807) is 0 Å². The van der Waals surface area contributed by atoms with Crippen molar-refractivity contribution in [2.24, 2.45) is 0 Å². The van der Waals surface area contributed by atoms with Crippen molar-refractivity contribution in [3.63, 3.8) is 0 Å². The Hall–Kier alpha value is -0.610. The summed E-state index contributed by atoms with van der Waals surface area (Å²) in [6, 6.07) is 0. The average Bonchev–Trinajstić information content (AvgIpc) is 2.27. The fourth-order valence-electron chi connectivity index (χ4n) is 1.46. The SMILES string of the molecule is CNCCCCCCCCOC(=O)COC. The number of hydrogen-bond acceptors (Lipinski definition) is 4. The molecule has 1 N–H and O–H groups in total. The highest BCUT2D eigenvalue weighted by molar-refractivity contribution is 5.70. The molecule has 0 aromatic heterocycles. The maximum atomic E-state index is 10.9. The van der Waals surface area contributed by atoms with Gasteiger partial charge in [0.1, 0.15) is 6.61 Å². The van der Waals surface area contributed by atoms with Gasteiger partial charge in [-0.1, -0.05) is 25.7 Å². The van der Waals surface area contributed by atoms with Gasteiger partial charge in [-0.3, -0.25) is 0 Å². The fourth-order valence-corrected chi connectivity index (χ4v) is 1.46. The van der Waals surface area contributed by atoms with Gasteiger partial charge in [-0.2, -0.15) is 0 Å². The van der Waals surface area contributed by atoms with Crippen LogP contribution in [0.5, 0.6) is 0 Å². The van der Waals surface area contributed by atoms with E-state index in [1.165, 1.54) is 32.8 Å². The minimum absolute atomic E-state index is 0.0595. The maximum absolute atomic E-state index is 10.9. The van der Waals surface area contributed by atoms with Crippen LogP contribution in [0.25, 0.3) is 0 Å². The molecule has 0 saturated heterocycles. The molecule has 0 unspecified atom stereocenters. The van der Waals surface area contributed by atoms with Crippen LogP contribution in [0.1, 0.15) is 38.5 Å². The molecule has 0 fully saturated rings. The Labute approximate surface area is 98.7 Å². The molecule has 0 spiro atoms. The number of esters is 1. The second-order valence-electron chi connectivity index (χ2n) is 3.88. The van der Waals surface area contributed by atoms with Crippen LogP contribution in [0.4, 0.5) is 0 Å². The fraction of sp³-hybridized carbons (Fsp3) is 0.917. The van der Waals surface area contributed by atoms with Gasteiger partial charge >= 0.3 is 5.97 Å². The van der Waals surface area contributed by atoms with E-state index in [9.17, 15) is 4.79 Å². The molecule has 0 radical (unpaired) electrons. The number of unbranched alkanes of at least 4 members (excludes halogenated alkanes) is 5. The van der Waals surface area contributed by atoms with Gasteiger partial charge in [0.25, 0.3) is 0 Å². The van der Waals surface area contributed by atoms with Crippen molar-refractivity contribution in [3.8, 4) is 0 Å². The first-order valence-electron chi connectivity index (χ1n) is 6.10. The molecule has 0 aromatic rings. The van der Waals surface area contributed by atoms with Crippen molar-refractivity contribution in [1.82, 2.24) is 5.32 Å². The molecular formula is C12H25NO3. The molecule has 0 aliphatic heterocycles. The van der Waals surface area contributed by atoms with Gasteiger partial charge < -0.3 is 14.8 Å². The molecule has 0 aliphatic rings. The van der Waals surface area contributed by atoms with Gasteiger partial charge in [0.15, 0.2) is 0 Å². The van der Waals surface area contributed by atoms with Crippen LogP contribution in [0.3, 0.4) is 0 Å². The Kier molecular flexibility index (Phi) is 12.0. The second kappa shape index (κ2) is 12.5. The Morgan fingerprint density at radius 2 is 1.69 bits per heavy atom. The van der Waals surface area contributed by atoms with Crippen LogP contribution < -0.4 is 5.32 Å². The molecule has 4 nitrogen and oxygen atoms in total. The number of methoxy groups -OCH3 is 1. The van der Waals surface area contributed by atoms with Crippen LogP contribution in [-0.4, -0.2) is 39.9 Å². The largest absolute Gasteiger partial charge is 0.464 e. The van der Waals surface area contributed by atoms with E-state index in [-0.39, 0.29) is 12.6 Å². The van der Waals surface area contributed by atoms with Gasteiger partial charge in [-0.25, -0.2) is 4.79 Å². The molecule has 0 heterocycles. The highest BCUT2D eigenvalue weighted by atomic mass is 16.6. The van der Waals surface area contributed by atoms with E-state index in [1.807, 2.05) is 7.05 Å². The molecule has 16 heavy (non-hydrogen) atoms. The molecule has 0 rings (SSSR count). The van der Waals surface area contributed by atoms with Crippen molar-refractivity contribution in [3.05, 3.63) is 0 Å². The first kappa shape index (κ1) is 15.4. The average molecular weight is 231 g/mol. The van der Waals surface area contributed by atoms with Crippen LogP contribution in [0, 0.1) is 0 Å². The third-order valence-electron chi connectivity index (χ3n) is 2.35. The maximum Gasteiger partial charge on any atom is 0.332 e. The summed E-state index contributed by atoms with van der Waals surface area (Å²) in [6.45, 7) is 1.69. The van der Waals surface area contributed by atoms with Crippen LogP contribution >= 0.6 is 0 Å². The first-order valence-corrected chi connectivity index (χ1v) is 6.10. The zero-order chi connectivity index (χ0) is 12.1. The molecular weight excluding hydrogens is 206 g/mol. The summed E-state index contributed by atoms with van der Waals surface area (Å²) in [5, 5.41) is 3.13. The lowest BCUT2D eigenvalue weighted by molar-refractivity contribution is -0.148. The zero-order valence-electron chi connectivity index (χ0n) is 10.6. The first-order chi connectivity index (χ1) is 7.81. The number of carbonyl (C=O) groups excluding carboxylic acids is 1. The van der Waals surface area contributed by atoms with Crippen molar-refractivity contribution < 1.29 is 14.3 Å².